The lowest BCUT2D eigenvalue weighted by molar-refractivity contribution is -0.386. The van der Waals surface area contributed by atoms with Crippen LogP contribution in [0.1, 0.15) is 21.9 Å². The standard InChI is InChI=1S/C12H13BrN6O4/c1-6-11(19(22)23)7(2)18(17-6)5-10(20)15-16-12(21)9-3-8(13)4-14-9/h3-4,14H,5H2,1-2H3,(H,15,20)(H,16,21). The first kappa shape index (κ1) is 16.7. The lowest BCUT2D eigenvalue weighted by Gasteiger charge is -2.07. The number of amides is 2. The van der Waals surface area contributed by atoms with E-state index in [-0.39, 0.29) is 29.3 Å². The van der Waals surface area contributed by atoms with E-state index >= 15 is 0 Å². The van der Waals surface area contributed by atoms with Gasteiger partial charge in [0.15, 0.2) is 0 Å². The van der Waals surface area contributed by atoms with E-state index in [2.05, 4.69) is 36.9 Å². The number of halogens is 1. The number of aromatic nitrogens is 3. The van der Waals surface area contributed by atoms with E-state index in [4.69, 9.17) is 0 Å². The summed E-state index contributed by atoms with van der Waals surface area (Å²) in [6.45, 7) is 2.74. The van der Waals surface area contributed by atoms with Gasteiger partial charge in [-0.25, -0.2) is 0 Å². The Kier molecular flexibility index (Phi) is 4.79. The molecule has 23 heavy (non-hydrogen) atoms. The predicted octanol–water partition coefficient (Wildman–Crippen LogP) is 0.960. The first-order chi connectivity index (χ1) is 10.8. The molecule has 2 aromatic rings. The fraction of sp³-hybridized carbons (Fsp3) is 0.250. The molecule has 2 heterocycles. The Morgan fingerprint density at radius 3 is 2.65 bits per heavy atom. The fourth-order valence-electron chi connectivity index (χ4n) is 1.97. The number of nitro groups is 1. The summed E-state index contributed by atoms with van der Waals surface area (Å²) in [6, 6.07) is 1.55. The smallest absolute Gasteiger partial charge is 0.312 e. The Labute approximate surface area is 138 Å². The zero-order valence-electron chi connectivity index (χ0n) is 12.2. The highest BCUT2D eigenvalue weighted by Crippen LogP contribution is 2.21. The summed E-state index contributed by atoms with van der Waals surface area (Å²) in [5.74, 6) is -1.09. The molecule has 0 unspecified atom stereocenters. The minimum Gasteiger partial charge on any atom is -0.356 e. The number of carbonyl (C=O) groups is 2. The molecular weight excluding hydrogens is 372 g/mol. The van der Waals surface area contributed by atoms with Crippen molar-refractivity contribution in [1.29, 1.82) is 0 Å². The maximum absolute atomic E-state index is 11.8. The van der Waals surface area contributed by atoms with Crippen molar-refractivity contribution in [3.63, 3.8) is 0 Å². The summed E-state index contributed by atoms with van der Waals surface area (Å²) in [6.07, 6.45) is 1.58. The summed E-state index contributed by atoms with van der Waals surface area (Å²) >= 11 is 3.19. The van der Waals surface area contributed by atoms with Crippen molar-refractivity contribution in [1.82, 2.24) is 25.6 Å². The predicted molar refractivity (Wildman–Crippen MR) is 82.5 cm³/mol. The summed E-state index contributed by atoms with van der Waals surface area (Å²) in [4.78, 5) is 36.6. The van der Waals surface area contributed by atoms with Crippen LogP contribution in [0.3, 0.4) is 0 Å². The van der Waals surface area contributed by atoms with Crippen LogP contribution in [0, 0.1) is 24.0 Å². The molecule has 0 radical (unpaired) electrons. The first-order valence-electron chi connectivity index (χ1n) is 6.41. The minimum absolute atomic E-state index is 0.127. The SMILES string of the molecule is Cc1nn(CC(=O)NNC(=O)c2cc(Br)c[nH]2)c(C)c1[N+](=O)[O-]. The van der Waals surface area contributed by atoms with Crippen LogP contribution < -0.4 is 10.9 Å². The van der Waals surface area contributed by atoms with Gasteiger partial charge < -0.3 is 4.98 Å². The van der Waals surface area contributed by atoms with Crippen molar-refractivity contribution >= 4 is 33.4 Å². The van der Waals surface area contributed by atoms with Gasteiger partial charge in [0.1, 0.15) is 23.6 Å². The number of hydrogen-bond donors (Lipinski definition) is 3. The quantitative estimate of drug-likeness (QED) is 0.532. The Morgan fingerprint density at radius 1 is 1.43 bits per heavy atom. The van der Waals surface area contributed by atoms with Crippen LogP contribution in [-0.4, -0.2) is 31.5 Å². The molecule has 0 aliphatic carbocycles. The Hall–Kier alpha value is -2.69. The molecule has 0 aromatic carbocycles. The topological polar surface area (TPSA) is 135 Å². The minimum atomic E-state index is -0.565. The molecule has 0 fully saturated rings. The number of carbonyl (C=O) groups excluding carboxylic acids is 2. The summed E-state index contributed by atoms with van der Waals surface area (Å²) in [7, 11) is 0. The molecule has 0 bridgehead atoms. The number of hydrazine groups is 1. The highest BCUT2D eigenvalue weighted by atomic mass is 79.9. The fourth-order valence-corrected chi connectivity index (χ4v) is 2.32. The molecule has 0 aliphatic rings. The lowest BCUT2D eigenvalue weighted by Crippen LogP contribution is -2.43. The van der Waals surface area contributed by atoms with Crippen molar-refractivity contribution in [2.24, 2.45) is 0 Å². The molecule has 0 saturated heterocycles. The Balaban J connectivity index is 1.96. The third-order valence-corrected chi connectivity index (χ3v) is 3.48. The van der Waals surface area contributed by atoms with Crippen molar-refractivity contribution in [3.05, 3.63) is 43.9 Å². The molecule has 3 N–H and O–H groups in total. The molecule has 0 spiro atoms. The molecule has 11 heteroatoms. The highest BCUT2D eigenvalue weighted by molar-refractivity contribution is 9.10. The normalized spacial score (nSPS) is 10.4. The molecule has 0 atom stereocenters. The van der Waals surface area contributed by atoms with Gasteiger partial charge in [-0.1, -0.05) is 0 Å². The third-order valence-electron chi connectivity index (χ3n) is 3.03. The van der Waals surface area contributed by atoms with Crippen LogP contribution in [0.4, 0.5) is 5.69 Å². The van der Waals surface area contributed by atoms with E-state index in [9.17, 15) is 19.7 Å². The second-order valence-corrected chi connectivity index (χ2v) is 5.58. The molecule has 0 saturated carbocycles. The van der Waals surface area contributed by atoms with Gasteiger partial charge in [0.05, 0.1) is 4.92 Å². The highest BCUT2D eigenvalue weighted by Gasteiger charge is 2.22. The van der Waals surface area contributed by atoms with E-state index in [0.29, 0.717) is 4.47 Å². The Morgan fingerprint density at radius 2 is 2.13 bits per heavy atom. The van der Waals surface area contributed by atoms with Gasteiger partial charge in [-0.05, 0) is 35.8 Å². The van der Waals surface area contributed by atoms with Gasteiger partial charge in [-0.15, -0.1) is 0 Å². The van der Waals surface area contributed by atoms with Crippen LogP contribution in [-0.2, 0) is 11.3 Å². The number of aryl methyl sites for hydroxylation is 1. The molecule has 2 amide bonds. The van der Waals surface area contributed by atoms with Crippen molar-refractivity contribution < 1.29 is 14.5 Å². The van der Waals surface area contributed by atoms with Crippen molar-refractivity contribution in [3.8, 4) is 0 Å². The molecule has 122 valence electrons. The van der Waals surface area contributed by atoms with E-state index in [1.54, 1.807) is 12.3 Å². The zero-order chi connectivity index (χ0) is 17.1. The van der Waals surface area contributed by atoms with Crippen LogP contribution >= 0.6 is 15.9 Å². The molecule has 2 rings (SSSR count). The number of aromatic amines is 1. The maximum atomic E-state index is 11.8. The number of hydrogen-bond acceptors (Lipinski definition) is 5. The monoisotopic (exact) mass is 384 g/mol. The molecule has 0 aliphatic heterocycles. The number of rotatable bonds is 4. The number of H-pyrrole nitrogens is 1. The average Bonchev–Trinajstić information content (AvgIpc) is 3.00. The van der Waals surface area contributed by atoms with Crippen LogP contribution in [0.5, 0.6) is 0 Å². The van der Waals surface area contributed by atoms with Gasteiger partial charge in [0.2, 0.25) is 0 Å². The van der Waals surface area contributed by atoms with Crippen molar-refractivity contribution in [2.45, 2.75) is 20.4 Å². The zero-order valence-corrected chi connectivity index (χ0v) is 13.8. The average molecular weight is 385 g/mol. The Bertz CT molecular complexity index is 781. The summed E-state index contributed by atoms with van der Waals surface area (Å²) in [5, 5.41) is 14.9. The van der Waals surface area contributed by atoms with Crippen LogP contribution in [0.25, 0.3) is 0 Å². The van der Waals surface area contributed by atoms with Gasteiger partial charge >= 0.3 is 5.69 Å². The molecular formula is C12H13BrN6O4. The lowest BCUT2D eigenvalue weighted by atomic mass is 10.3. The first-order valence-corrected chi connectivity index (χ1v) is 7.20. The second kappa shape index (κ2) is 6.60. The molecule has 2 aromatic heterocycles. The largest absolute Gasteiger partial charge is 0.356 e. The summed E-state index contributed by atoms with van der Waals surface area (Å²) in [5.41, 5.74) is 5.07. The van der Waals surface area contributed by atoms with Crippen LogP contribution in [0.15, 0.2) is 16.7 Å². The van der Waals surface area contributed by atoms with E-state index in [1.807, 2.05) is 0 Å². The maximum Gasteiger partial charge on any atom is 0.312 e. The van der Waals surface area contributed by atoms with E-state index < -0.39 is 16.7 Å². The van der Waals surface area contributed by atoms with Crippen LogP contribution in [0.2, 0.25) is 0 Å². The number of nitrogens with zero attached hydrogens (tertiary/aromatic N) is 3. The second-order valence-electron chi connectivity index (χ2n) is 4.67. The van der Waals surface area contributed by atoms with Gasteiger partial charge in [0, 0.05) is 10.7 Å². The van der Waals surface area contributed by atoms with Gasteiger partial charge in [-0.3, -0.25) is 35.2 Å². The number of nitrogens with one attached hydrogen (secondary N) is 3. The van der Waals surface area contributed by atoms with Crippen molar-refractivity contribution in [2.75, 3.05) is 0 Å². The van der Waals surface area contributed by atoms with Gasteiger partial charge in [0.25, 0.3) is 11.8 Å². The van der Waals surface area contributed by atoms with E-state index in [1.165, 1.54) is 18.5 Å². The summed E-state index contributed by atoms with van der Waals surface area (Å²) < 4.78 is 1.91. The van der Waals surface area contributed by atoms with Gasteiger partial charge in [-0.2, -0.15) is 5.10 Å². The third kappa shape index (κ3) is 3.74. The van der Waals surface area contributed by atoms with E-state index in [0.717, 1.165) is 0 Å². The molecule has 10 nitrogen and oxygen atoms in total.